The smallest absolute Gasteiger partial charge is 0.271 e. The minimum Gasteiger partial charge on any atom is -0.493 e. The lowest BCUT2D eigenvalue weighted by molar-refractivity contribution is 0.0822. The second-order valence-corrected chi connectivity index (χ2v) is 9.13. The van der Waals surface area contributed by atoms with Crippen molar-refractivity contribution in [2.24, 2.45) is 0 Å². The molecule has 0 radical (unpaired) electrons. The van der Waals surface area contributed by atoms with E-state index in [0.717, 1.165) is 22.3 Å². The number of carbonyl (C=O) groups excluding carboxylic acids is 1. The summed E-state index contributed by atoms with van der Waals surface area (Å²) >= 11 is 6.72. The molecule has 0 fully saturated rings. The molecule has 0 saturated heterocycles. The van der Waals surface area contributed by atoms with E-state index >= 15 is 0 Å². The molecule has 0 saturated carbocycles. The number of alkyl halides is 1. The van der Waals surface area contributed by atoms with Crippen LogP contribution in [0.1, 0.15) is 53.1 Å². The zero-order valence-corrected chi connectivity index (χ0v) is 21.6. The Hall–Kier alpha value is -3.50. The van der Waals surface area contributed by atoms with Gasteiger partial charge in [0.15, 0.2) is 5.82 Å². The minimum atomic E-state index is -0.671. The molecule has 0 spiro atoms. The van der Waals surface area contributed by atoms with Crippen LogP contribution in [0.2, 0.25) is 5.02 Å². The van der Waals surface area contributed by atoms with E-state index in [9.17, 15) is 9.18 Å². The van der Waals surface area contributed by atoms with Gasteiger partial charge in [-0.3, -0.25) is 14.8 Å². The molecule has 36 heavy (non-hydrogen) atoms. The van der Waals surface area contributed by atoms with E-state index in [1.54, 1.807) is 31.4 Å². The molecule has 0 bridgehead atoms. The van der Waals surface area contributed by atoms with Crippen LogP contribution in [0.4, 0.5) is 16.0 Å². The van der Waals surface area contributed by atoms with Crippen LogP contribution in [-0.2, 0) is 0 Å². The van der Waals surface area contributed by atoms with Gasteiger partial charge in [0.1, 0.15) is 30.3 Å². The molecule has 3 heterocycles. The van der Waals surface area contributed by atoms with Gasteiger partial charge in [-0.1, -0.05) is 17.7 Å². The third-order valence-electron chi connectivity index (χ3n) is 6.23. The number of rotatable bonds is 7. The Morgan fingerprint density at radius 1 is 1.33 bits per heavy atom. The van der Waals surface area contributed by atoms with Gasteiger partial charge in [0, 0.05) is 42.0 Å². The number of nitrogens with zero attached hydrogens (tertiary/aromatic N) is 5. The van der Waals surface area contributed by atoms with Crippen LogP contribution in [0.3, 0.4) is 0 Å². The van der Waals surface area contributed by atoms with E-state index in [2.05, 4.69) is 20.4 Å². The van der Waals surface area contributed by atoms with Crippen molar-refractivity contribution in [2.75, 3.05) is 38.1 Å². The number of amides is 1. The molecule has 9 nitrogen and oxygen atoms in total. The Labute approximate surface area is 214 Å². The predicted octanol–water partition coefficient (Wildman–Crippen LogP) is 4.28. The van der Waals surface area contributed by atoms with Crippen LogP contribution in [-0.4, -0.2) is 53.1 Å². The summed E-state index contributed by atoms with van der Waals surface area (Å²) < 4.78 is 20.0. The molecule has 3 aromatic rings. The fraction of sp³-hybridized carbons (Fsp3) is 0.360. The molecule has 190 valence electrons. The largest absolute Gasteiger partial charge is 0.493 e. The highest BCUT2D eigenvalue weighted by molar-refractivity contribution is 6.32. The Balaban J connectivity index is 1.83. The number of carbonyl (C=O) groups is 1. The molecule has 0 aliphatic carbocycles. The lowest BCUT2D eigenvalue weighted by atomic mass is 9.94. The summed E-state index contributed by atoms with van der Waals surface area (Å²) in [5, 5.41) is 2.30. The number of nitrogens with one attached hydrogen (secondary N) is 1. The van der Waals surface area contributed by atoms with Gasteiger partial charge in [-0.25, -0.2) is 19.8 Å². The zero-order chi connectivity index (χ0) is 26.1. The zero-order valence-electron chi connectivity index (χ0n) is 20.8. The number of aromatic nitrogens is 3. The molecule has 4 rings (SSSR count). The Morgan fingerprint density at radius 3 is 2.69 bits per heavy atom. The summed E-state index contributed by atoms with van der Waals surface area (Å²) in [4.78, 5) is 26.6. The van der Waals surface area contributed by atoms with Gasteiger partial charge in [-0.2, -0.15) is 0 Å². The SMILES string of the molecule is CCOc1c(C(C)N2N[C@H](CF)c3c(N)ncnc32)cc(Cl)c(C)c1-c1ccc(C(=O)N(C)C)nc1. The molecule has 1 aliphatic rings. The molecule has 2 aromatic heterocycles. The summed E-state index contributed by atoms with van der Waals surface area (Å²) in [6, 6.07) is 4.33. The standard InChI is InChI=1S/C25H29ClFN7O2/c1-6-36-22-16(14(3)34-24-21(19(10-27)32-34)23(28)30-12-31-24)9-17(26)13(2)20(22)15-7-8-18(29-11-15)25(35)33(4)5/h7-9,11-12,14,19,32H,6,10H2,1-5H3,(H2,28,30,31)/t14?,19-/m1/s1. The van der Waals surface area contributed by atoms with E-state index in [4.69, 9.17) is 22.1 Å². The first-order chi connectivity index (χ1) is 17.2. The summed E-state index contributed by atoms with van der Waals surface area (Å²) in [5.74, 6) is 1.17. The predicted molar refractivity (Wildman–Crippen MR) is 138 cm³/mol. The first kappa shape index (κ1) is 25.6. The van der Waals surface area contributed by atoms with Gasteiger partial charge in [0.05, 0.1) is 24.3 Å². The quantitative estimate of drug-likeness (QED) is 0.482. The van der Waals surface area contributed by atoms with E-state index in [0.29, 0.717) is 34.5 Å². The maximum absolute atomic E-state index is 13.9. The van der Waals surface area contributed by atoms with Crippen LogP contribution in [0.15, 0.2) is 30.7 Å². The highest BCUT2D eigenvalue weighted by atomic mass is 35.5. The van der Waals surface area contributed by atoms with Gasteiger partial charge in [-0.15, -0.1) is 0 Å². The molecule has 1 unspecified atom stereocenters. The Bertz CT molecular complexity index is 1290. The van der Waals surface area contributed by atoms with Crippen LogP contribution in [0, 0.1) is 6.92 Å². The van der Waals surface area contributed by atoms with E-state index < -0.39 is 12.7 Å². The van der Waals surface area contributed by atoms with Crippen LogP contribution in [0.25, 0.3) is 11.1 Å². The van der Waals surface area contributed by atoms with Crippen molar-refractivity contribution in [1.82, 2.24) is 25.3 Å². The third kappa shape index (κ3) is 4.42. The number of pyridine rings is 1. The topological polar surface area (TPSA) is 110 Å². The first-order valence-electron chi connectivity index (χ1n) is 11.5. The van der Waals surface area contributed by atoms with E-state index in [-0.39, 0.29) is 17.8 Å². The molecule has 11 heteroatoms. The second-order valence-electron chi connectivity index (χ2n) is 8.72. The van der Waals surface area contributed by atoms with Gasteiger partial charge in [0.25, 0.3) is 5.91 Å². The average molecular weight is 514 g/mol. The first-order valence-corrected chi connectivity index (χ1v) is 11.9. The number of fused-ring (bicyclic) bond motifs is 1. The summed E-state index contributed by atoms with van der Waals surface area (Å²) in [5.41, 5.74) is 13.2. The van der Waals surface area contributed by atoms with Crippen molar-refractivity contribution in [1.29, 1.82) is 0 Å². The molecule has 1 aromatic carbocycles. The highest BCUT2D eigenvalue weighted by Crippen LogP contribution is 2.46. The van der Waals surface area contributed by atoms with Gasteiger partial charge in [-0.05, 0) is 38.5 Å². The van der Waals surface area contributed by atoms with E-state index in [1.165, 1.54) is 11.2 Å². The number of hydrogen-bond acceptors (Lipinski definition) is 8. The van der Waals surface area contributed by atoms with Crippen LogP contribution < -0.4 is 20.9 Å². The van der Waals surface area contributed by atoms with Crippen molar-refractivity contribution in [3.8, 4) is 16.9 Å². The minimum absolute atomic E-state index is 0.189. The molecule has 2 atom stereocenters. The lowest BCUT2D eigenvalue weighted by Crippen LogP contribution is -2.37. The number of hydrazine groups is 1. The number of nitrogen functional groups attached to an aromatic ring is 1. The van der Waals surface area contributed by atoms with Gasteiger partial charge in [0.2, 0.25) is 0 Å². The number of ether oxygens (including phenoxy) is 1. The maximum Gasteiger partial charge on any atom is 0.271 e. The van der Waals surface area contributed by atoms with Gasteiger partial charge >= 0.3 is 0 Å². The summed E-state index contributed by atoms with van der Waals surface area (Å²) in [7, 11) is 3.35. The van der Waals surface area contributed by atoms with E-state index in [1.807, 2.05) is 32.9 Å². The van der Waals surface area contributed by atoms with Crippen molar-refractivity contribution in [2.45, 2.75) is 32.9 Å². The summed E-state index contributed by atoms with van der Waals surface area (Å²) in [6.45, 7) is 5.49. The molecule has 3 N–H and O–H groups in total. The van der Waals surface area contributed by atoms with Crippen LogP contribution >= 0.6 is 11.6 Å². The fourth-order valence-electron chi connectivity index (χ4n) is 4.36. The van der Waals surface area contributed by atoms with Gasteiger partial charge < -0.3 is 15.4 Å². The number of halogens is 2. The molecular formula is C25H29ClFN7O2. The molecule has 1 amide bonds. The Morgan fingerprint density at radius 2 is 2.08 bits per heavy atom. The Kier molecular flexibility index (Phi) is 7.28. The monoisotopic (exact) mass is 513 g/mol. The van der Waals surface area contributed by atoms with Crippen molar-refractivity contribution >= 4 is 29.1 Å². The molecule has 1 aliphatic heterocycles. The number of anilines is 2. The molecular weight excluding hydrogens is 485 g/mol. The maximum atomic E-state index is 13.9. The lowest BCUT2D eigenvalue weighted by Gasteiger charge is -2.30. The highest BCUT2D eigenvalue weighted by Gasteiger charge is 2.36. The number of benzene rings is 1. The third-order valence-corrected chi connectivity index (χ3v) is 6.62. The van der Waals surface area contributed by atoms with Crippen molar-refractivity contribution < 1.29 is 13.9 Å². The second kappa shape index (κ2) is 10.2. The normalized spacial score (nSPS) is 15.5. The van der Waals surface area contributed by atoms with Crippen molar-refractivity contribution in [3.63, 3.8) is 0 Å². The summed E-state index contributed by atoms with van der Waals surface area (Å²) in [6.07, 6.45) is 3.00. The van der Waals surface area contributed by atoms with Crippen molar-refractivity contribution in [3.05, 3.63) is 58.1 Å². The number of nitrogens with two attached hydrogens (primary N) is 1. The van der Waals surface area contributed by atoms with Crippen LogP contribution in [0.5, 0.6) is 5.75 Å². The average Bonchev–Trinajstić information content (AvgIpc) is 3.26. The number of hydrogen-bond donors (Lipinski definition) is 2. The fourth-order valence-corrected chi connectivity index (χ4v) is 4.58.